The fourth-order valence-corrected chi connectivity index (χ4v) is 6.88. The molecule has 10 heteroatoms. The average Bonchev–Trinajstić information content (AvgIpc) is 2.88. The molecule has 39 heavy (non-hydrogen) atoms. The van der Waals surface area contributed by atoms with E-state index in [1.54, 1.807) is 6.20 Å². The first-order valence-electron chi connectivity index (χ1n) is 13.6. The molecule has 0 unspecified atom stereocenters. The van der Waals surface area contributed by atoms with Gasteiger partial charge in [0.05, 0.1) is 36.3 Å². The van der Waals surface area contributed by atoms with Gasteiger partial charge < -0.3 is 15.0 Å². The van der Waals surface area contributed by atoms with Gasteiger partial charge in [-0.15, -0.1) is 0 Å². The van der Waals surface area contributed by atoms with Crippen LogP contribution in [0.3, 0.4) is 0 Å². The van der Waals surface area contributed by atoms with Crippen LogP contribution in [0.25, 0.3) is 22.0 Å². The average molecular weight is 552 g/mol. The lowest BCUT2D eigenvalue weighted by Crippen LogP contribution is -2.52. The standard InChI is InChI=1S/C29H37N5O4S/c1-19-8-11-25(18-34(19)39(4,36)37)31-29(35)14-26-13-24-12-22(9-10-23(24)15-30-26)27-6-5-7-28(32-27)33-16-20(2)38-21(3)17-33/h5-7,9-10,12-13,15,19-21,25H,8,11,14,16-18H2,1-4H3,(H,31,35)/t19-,20-,21+,25+/m1/s1. The lowest BCUT2D eigenvalue weighted by molar-refractivity contribution is -0.121. The van der Waals surface area contributed by atoms with Crippen LogP contribution in [0.2, 0.25) is 0 Å². The Morgan fingerprint density at radius 1 is 1.03 bits per heavy atom. The first-order valence-corrected chi connectivity index (χ1v) is 15.4. The van der Waals surface area contributed by atoms with Gasteiger partial charge in [0.25, 0.3) is 0 Å². The predicted octanol–water partition coefficient (Wildman–Crippen LogP) is 3.38. The number of rotatable bonds is 6. The van der Waals surface area contributed by atoms with Gasteiger partial charge in [-0.05, 0) is 63.3 Å². The molecule has 1 amide bonds. The summed E-state index contributed by atoms with van der Waals surface area (Å²) in [5, 5.41) is 4.98. The lowest BCUT2D eigenvalue weighted by Gasteiger charge is -2.36. The molecule has 2 aromatic heterocycles. The Kier molecular flexibility index (Phi) is 7.89. The van der Waals surface area contributed by atoms with Crippen LogP contribution in [0.15, 0.2) is 48.7 Å². The number of fused-ring (bicyclic) bond motifs is 1. The Morgan fingerprint density at radius 3 is 2.54 bits per heavy atom. The summed E-state index contributed by atoms with van der Waals surface area (Å²) in [5.41, 5.74) is 2.55. The first-order chi connectivity index (χ1) is 18.5. The van der Waals surface area contributed by atoms with E-state index in [9.17, 15) is 13.2 Å². The summed E-state index contributed by atoms with van der Waals surface area (Å²) in [7, 11) is -3.31. The third-order valence-corrected chi connectivity index (χ3v) is 8.87. The minimum atomic E-state index is -3.31. The van der Waals surface area contributed by atoms with E-state index in [4.69, 9.17) is 9.72 Å². The van der Waals surface area contributed by atoms with E-state index in [2.05, 4.69) is 35.1 Å². The van der Waals surface area contributed by atoms with Gasteiger partial charge in [-0.2, -0.15) is 4.31 Å². The largest absolute Gasteiger partial charge is 0.372 e. The van der Waals surface area contributed by atoms with E-state index in [1.165, 1.54) is 10.6 Å². The summed E-state index contributed by atoms with van der Waals surface area (Å²) < 4.78 is 31.5. The highest BCUT2D eigenvalue weighted by molar-refractivity contribution is 7.88. The number of sulfonamides is 1. The molecule has 5 rings (SSSR count). The number of benzene rings is 1. The maximum atomic E-state index is 12.8. The van der Waals surface area contributed by atoms with Crippen LogP contribution in [-0.2, 0) is 26.0 Å². The highest BCUT2D eigenvalue weighted by Crippen LogP contribution is 2.27. The van der Waals surface area contributed by atoms with Crippen molar-refractivity contribution in [3.05, 3.63) is 54.4 Å². The van der Waals surface area contributed by atoms with E-state index in [0.717, 1.165) is 47.4 Å². The number of nitrogens with zero attached hydrogens (tertiary/aromatic N) is 4. The van der Waals surface area contributed by atoms with Crippen molar-refractivity contribution in [1.29, 1.82) is 0 Å². The number of hydrogen-bond donors (Lipinski definition) is 1. The van der Waals surface area contributed by atoms with Gasteiger partial charge >= 0.3 is 0 Å². The Morgan fingerprint density at radius 2 is 1.79 bits per heavy atom. The second-order valence-electron chi connectivity index (χ2n) is 11.0. The molecule has 0 saturated carbocycles. The molecule has 1 aromatic carbocycles. The van der Waals surface area contributed by atoms with Crippen molar-refractivity contribution in [3.63, 3.8) is 0 Å². The molecule has 2 fully saturated rings. The lowest BCUT2D eigenvalue weighted by atomic mass is 10.0. The van der Waals surface area contributed by atoms with Gasteiger partial charge in [0.2, 0.25) is 15.9 Å². The smallest absolute Gasteiger partial charge is 0.226 e. The highest BCUT2D eigenvalue weighted by Gasteiger charge is 2.32. The number of amides is 1. The topological polar surface area (TPSA) is 105 Å². The third-order valence-electron chi connectivity index (χ3n) is 7.51. The molecule has 2 aliphatic rings. The van der Waals surface area contributed by atoms with Gasteiger partial charge in [-0.25, -0.2) is 13.4 Å². The Labute approximate surface area is 230 Å². The molecule has 0 radical (unpaired) electrons. The molecular formula is C29H37N5O4S. The highest BCUT2D eigenvalue weighted by atomic mass is 32.2. The summed E-state index contributed by atoms with van der Waals surface area (Å²) in [6.07, 6.45) is 4.92. The zero-order valence-electron chi connectivity index (χ0n) is 23.0. The van der Waals surface area contributed by atoms with Gasteiger partial charge in [0, 0.05) is 48.9 Å². The van der Waals surface area contributed by atoms with Gasteiger partial charge in [0.15, 0.2) is 0 Å². The van der Waals surface area contributed by atoms with Crippen molar-refractivity contribution >= 4 is 32.5 Å². The van der Waals surface area contributed by atoms with Crippen LogP contribution < -0.4 is 10.2 Å². The van der Waals surface area contributed by atoms with Crippen molar-refractivity contribution in [1.82, 2.24) is 19.6 Å². The summed E-state index contributed by atoms with van der Waals surface area (Å²) in [5.74, 6) is 0.780. The maximum Gasteiger partial charge on any atom is 0.226 e. The van der Waals surface area contributed by atoms with Crippen molar-refractivity contribution < 1.29 is 17.9 Å². The summed E-state index contributed by atoms with van der Waals surface area (Å²) in [6, 6.07) is 13.9. The SMILES string of the molecule is C[C@@H]1CN(c2cccc(-c3ccc4cnc(CC(=O)N[C@H]5CC[C@@H](C)N(S(C)(=O)=O)C5)cc4c3)n2)C[C@H](C)O1. The number of ether oxygens (including phenoxy) is 1. The summed E-state index contributed by atoms with van der Waals surface area (Å²) >= 11 is 0. The molecule has 0 aliphatic carbocycles. The molecule has 0 spiro atoms. The predicted molar refractivity (Wildman–Crippen MR) is 153 cm³/mol. The number of carbonyl (C=O) groups excluding carboxylic acids is 1. The quantitative estimate of drug-likeness (QED) is 0.501. The van der Waals surface area contributed by atoms with Crippen molar-refractivity contribution in [2.45, 2.75) is 64.3 Å². The van der Waals surface area contributed by atoms with Crippen LogP contribution in [0.1, 0.15) is 39.3 Å². The molecule has 2 aliphatic heterocycles. The van der Waals surface area contributed by atoms with Crippen LogP contribution in [0.4, 0.5) is 5.82 Å². The molecule has 3 aromatic rings. The Hall–Kier alpha value is -3.08. The normalized spacial score (nSPS) is 24.6. The second-order valence-corrected chi connectivity index (χ2v) is 12.9. The van der Waals surface area contributed by atoms with Crippen LogP contribution in [-0.4, -0.2) is 78.8 Å². The van der Waals surface area contributed by atoms with Gasteiger partial charge in [-0.3, -0.25) is 9.78 Å². The van der Waals surface area contributed by atoms with Crippen LogP contribution in [0.5, 0.6) is 0 Å². The third kappa shape index (κ3) is 6.57. The van der Waals surface area contributed by atoms with Crippen LogP contribution >= 0.6 is 0 Å². The minimum Gasteiger partial charge on any atom is -0.372 e. The summed E-state index contributed by atoms with van der Waals surface area (Å²) in [4.78, 5) is 24.6. The number of morpholine rings is 1. The monoisotopic (exact) mass is 551 g/mol. The second kappa shape index (κ2) is 11.2. The minimum absolute atomic E-state index is 0.0549. The molecule has 9 nitrogen and oxygen atoms in total. The van der Waals surface area contributed by atoms with E-state index in [-0.39, 0.29) is 36.6 Å². The summed E-state index contributed by atoms with van der Waals surface area (Å²) in [6.45, 7) is 7.99. The molecular weight excluding hydrogens is 514 g/mol. The molecule has 0 bridgehead atoms. The number of nitrogens with one attached hydrogen (secondary N) is 1. The molecule has 2 saturated heterocycles. The first kappa shape index (κ1) is 27.5. The van der Waals surface area contributed by atoms with E-state index >= 15 is 0 Å². The Balaban J connectivity index is 1.29. The van der Waals surface area contributed by atoms with Crippen LogP contribution in [0, 0.1) is 0 Å². The van der Waals surface area contributed by atoms with E-state index in [1.807, 2.05) is 43.3 Å². The maximum absolute atomic E-state index is 12.8. The zero-order chi connectivity index (χ0) is 27.7. The van der Waals surface area contributed by atoms with E-state index < -0.39 is 10.0 Å². The fourth-order valence-electron chi connectivity index (χ4n) is 5.67. The van der Waals surface area contributed by atoms with Crippen molar-refractivity contribution in [2.75, 3.05) is 30.8 Å². The number of anilines is 1. The number of hydrogen-bond acceptors (Lipinski definition) is 7. The number of aromatic nitrogens is 2. The van der Waals surface area contributed by atoms with Crippen molar-refractivity contribution in [2.24, 2.45) is 0 Å². The van der Waals surface area contributed by atoms with E-state index in [0.29, 0.717) is 18.7 Å². The van der Waals surface area contributed by atoms with Gasteiger partial charge in [-0.1, -0.05) is 18.2 Å². The number of piperidine rings is 1. The molecule has 1 N–H and O–H groups in total. The molecule has 4 atom stereocenters. The zero-order valence-corrected chi connectivity index (χ0v) is 23.8. The number of pyridine rings is 2. The van der Waals surface area contributed by atoms with Crippen molar-refractivity contribution in [3.8, 4) is 11.3 Å². The molecule has 208 valence electrons. The Bertz CT molecular complexity index is 1450. The number of carbonyl (C=O) groups is 1. The molecule has 4 heterocycles. The van der Waals surface area contributed by atoms with Gasteiger partial charge in [0.1, 0.15) is 5.82 Å². The fraction of sp³-hybridized carbons (Fsp3) is 0.483.